The fraction of sp³-hybridized carbons (Fsp3) is 0.167. The van der Waals surface area contributed by atoms with Gasteiger partial charge in [-0.15, -0.1) is 0 Å². The van der Waals surface area contributed by atoms with Gasteiger partial charge in [-0.1, -0.05) is 99.6 Å². The molecule has 0 saturated heterocycles. The molecule has 0 unspecified atom stereocenters. The monoisotopic (exact) mass is 399 g/mol. The first-order valence-corrected chi connectivity index (χ1v) is 11.0. The van der Waals surface area contributed by atoms with Gasteiger partial charge in [-0.05, 0) is 54.4 Å². The van der Waals surface area contributed by atoms with E-state index in [1.807, 2.05) is 6.20 Å². The normalized spacial score (nSPS) is 14.5. The molecule has 0 bridgehead atoms. The molecule has 0 fully saturated rings. The van der Waals surface area contributed by atoms with E-state index in [2.05, 4.69) is 99.6 Å². The largest absolute Gasteiger partial charge is 0.260 e. The zero-order valence-corrected chi connectivity index (χ0v) is 18.2. The van der Waals surface area contributed by atoms with Gasteiger partial charge in [0.25, 0.3) is 0 Å². The fourth-order valence-corrected chi connectivity index (χ4v) is 5.13. The molecule has 31 heavy (non-hydrogen) atoms. The van der Waals surface area contributed by atoms with Crippen LogP contribution >= 0.6 is 0 Å². The summed E-state index contributed by atoms with van der Waals surface area (Å²) in [5.41, 5.74) is 6.48. The van der Waals surface area contributed by atoms with Crippen LogP contribution < -0.4 is 0 Å². The highest BCUT2D eigenvalue weighted by Gasteiger charge is 2.21. The van der Waals surface area contributed by atoms with E-state index in [1.165, 1.54) is 54.6 Å². The minimum atomic E-state index is 0.106. The Kier molecular flexibility index (Phi) is 3.86. The topological polar surface area (TPSA) is 12.4 Å². The van der Waals surface area contributed by atoms with Crippen LogP contribution in [0.3, 0.4) is 0 Å². The number of hydrogen-bond acceptors (Lipinski definition) is 1. The Bertz CT molecular complexity index is 1510. The van der Waals surface area contributed by atoms with Gasteiger partial charge in [-0.25, -0.2) is 0 Å². The van der Waals surface area contributed by atoms with Gasteiger partial charge in [-0.2, -0.15) is 0 Å². The average molecular weight is 400 g/mol. The van der Waals surface area contributed by atoms with Gasteiger partial charge in [0.2, 0.25) is 0 Å². The molecule has 5 aromatic carbocycles. The van der Waals surface area contributed by atoms with Crippen LogP contribution in [0.4, 0.5) is 0 Å². The first-order chi connectivity index (χ1) is 15.0. The molecule has 5 aromatic rings. The van der Waals surface area contributed by atoms with Gasteiger partial charge in [-0.3, -0.25) is 4.99 Å². The number of hydrogen-bond donors (Lipinski definition) is 0. The minimum absolute atomic E-state index is 0.106. The van der Waals surface area contributed by atoms with Crippen molar-refractivity contribution in [2.24, 2.45) is 4.99 Å². The third kappa shape index (κ3) is 2.80. The second kappa shape index (κ2) is 6.52. The summed E-state index contributed by atoms with van der Waals surface area (Å²) >= 11 is 0. The number of allylic oxidation sites excluding steroid dienone is 1. The van der Waals surface area contributed by atoms with E-state index >= 15 is 0 Å². The van der Waals surface area contributed by atoms with E-state index in [0.29, 0.717) is 0 Å². The highest BCUT2D eigenvalue weighted by Crippen LogP contribution is 2.41. The summed E-state index contributed by atoms with van der Waals surface area (Å²) in [5, 5.41) is 8.06. The van der Waals surface area contributed by atoms with Crippen molar-refractivity contribution < 1.29 is 0 Å². The Morgan fingerprint density at radius 3 is 2.06 bits per heavy atom. The quantitative estimate of drug-likeness (QED) is 0.266. The van der Waals surface area contributed by atoms with Crippen LogP contribution in [0.25, 0.3) is 37.9 Å². The predicted molar refractivity (Wildman–Crippen MR) is 134 cm³/mol. The Hall–Kier alpha value is -3.45. The average Bonchev–Trinajstić information content (AvgIpc) is 3.27. The lowest BCUT2D eigenvalue weighted by atomic mass is 9.81. The van der Waals surface area contributed by atoms with E-state index < -0.39 is 0 Å². The van der Waals surface area contributed by atoms with Crippen LogP contribution in [-0.4, -0.2) is 5.71 Å². The lowest BCUT2D eigenvalue weighted by Crippen LogP contribution is -2.11. The summed E-state index contributed by atoms with van der Waals surface area (Å²) in [5.74, 6) is 0. The third-order valence-corrected chi connectivity index (χ3v) is 6.66. The van der Waals surface area contributed by atoms with Crippen LogP contribution in [0.2, 0.25) is 0 Å². The summed E-state index contributed by atoms with van der Waals surface area (Å²) < 4.78 is 0. The molecule has 150 valence electrons. The van der Waals surface area contributed by atoms with E-state index in [0.717, 1.165) is 12.1 Å². The summed E-state index contributed by atoms with van der Waals surface area (Å²) in [6.45, 7) is 6.90. The fourth-order valence-electron chi connectivity index (χ4n) is 5.13. The standard InChI is InChI=1S/C30H25N/c1-30(2,3)26-16-12-21-10-14-24-23(13-9-20-11-15-25(26)29(21)28(20)24)27-17-22(18-31-27)19-7-5-4-6-8-19/h4-16,18H,17H2,1-3H3. The van der Waals surface area contributed by atoms with Crippen LogP contribution in [0, 0.1) is 0 Å². The molecule has 1 nitrogen and oxygen atoms in total. The SMILES string of the molecule is CC(C)(C)c1ccc2ccc3c(C4=NC=C(c5ccccc5)C4)ccc4ccc1c2c43. The Labute approximate surface area is 183 Å². The molecule has 1 heteroatoms. The molecule has 1 heterocycles. The zero-order chi connectivity index (χ0) is 21.2. The van der Waals surface area contributed by atoms with Crippen molar-refractivity contribution in [3.63, 3.8) is 0 Å². The van der Waals surface area contributed by atoms with E-state index in [9.17, 15) is 0 Å². The zero-order valence-electron chi connectivity index (χ0n) is 18.2. The lowest BCUT2D eigenvalue weighted by molar-refractivity contribution is 0.596. The smallest absolute Gasteiger partial charge is 0.0526 e. The first-order valence-electron chi connectivity index (χ1n) is 11.0. The van der Waals surface area contributed by atoms with Crippen molar-refractivity contribution in [3.8, 4) is 0 Å². The van der Waals surface area contributed by atoms with Crippen LogP contribution in [0.1, 0.15) is 43.9 Å². The maximum atomic E-state index is 4.86. The Morgan fingerprint density at radius 1 is 0.677 bits per heavy atom. The molecule has 1 aliphatic heterocycles. The molecule has 0 saturated carbocycles. The van der Waals surface area contributed by atoms with Gasteiger partial charge in [0.05, 0.1) is 5.71 Å². The highest BCUT2D eigenvalue weighted by atomic mass is 14.7. The Balaban J connectivity index is 1.55. The molecule has 0 aromatic heterocycles. The molecule has 0 radical (unpaired) electrons. The van der Waals surface area contributed by atoms with Gasteiger partial charge in [0.1, 0.15) is 0 Å². The summed E-state index contributed by atoms with van der Waals surface area (Å²) in [6.07, 6.45) is 2.92. The molecule has 0 spiro atoms. The maximum Gasteiger partial charge on any atom is 0.0526 e. The molecule has 0 amide bonds. The van der Waals surface area contributed by atoms with E-state index in [1.54, 1.807) is 0 Å². The predicted octanol–water partition coefficient (Wildman–Crippen LogP) is 8.12. The molecule has 0 atom stereocenters. The number of aliphatic imine (C=N–C) groups is 1. The highest BCUT2D eigenvalue weighted by molar-refractivity contribution is 6.28. The number of nitrogens with zero attached hydrogens (tertiary/aromatic N) is 1. The van der Waals surface area contributed by atoms with Gasteiger partial charge < -0.3 is 0 Å². The third-order valence-electron chi connectivity index (χ3n) is 6.66. The lowest BCUT2D eigenvalue weighted by Gasteiger charge is -2.23. The van der Waals surface area contributed by atoms with E-state index in [-0.39, 0.29) is 5.41 Å². The summed E-state index contributed by atoms with van der Waals surface area (Å²) in [6, 6.07) is 28.9. The molecule has 1 aliphatic rings. The van der Waals surface area contributed by atoms with Crippen molar-refractivity contribution in [2.45, 2.75) is 32.6 Å². The van der Waals surface area contributed by atoms with Crippen molar-refractivity contribution in [1.82, 2.24) is 0 Å². The van der Waals surface area contributed by atoms with Crippen LogP contribution in [0.5, 0.6) is 0 Å². The van der Waals surface area contributed by atoms with Crippen molar-refractivity contribution in [2.75, 3.05) is 0 Å². The summed E-state index contributed by atoms with van der Waals surface area (Å²) in [7, 11) is 0. The van der Waals surface area contributed by atoms with Crippen molar-refractivity contribution >= 4 is 43.6 Å². The van der Waals surface area contributed by atoms with Gasteiger partial charge in [0.15, 0.2) is 0 Å². The summed E-state index contributed by atoms with van der Waals surface area (Å²) in [4.78, 5) is 4.86. The van der Waals surface area contributed by atoms with Crippen LogP contribution in [-0.2, 0) is 5.41 Å². The van der Waals surface area contributed by atoms with Crippen molar-refractivity contribution in [1.29, 1.82) is 0 Å². The maximum absolute atomic E-state index is 4.86. The van der Waals surface area contributed by atoms with Gasteiger partial charge in [0, 0.05) is 18.2 Å². The van der Waals surface area contributed by atoms with Crippen molar-refractivity contribution in [3.05, 3.63) is 102 Å². The first kappa shape index (κ1) is 18.3. The molecular formula is C30H25N. The molecular weight excluding hydrogens is 374 g/mol. The second-order valence-electron chi connectivity index (χ2n) is 9.67. The number of benzene rings is 5. The molecule has 0 aliphatic carbocycles. The Morgan fingerprint density at radius 2 is 1.32 bits per heavy atom. The van der Waals surface area contributed by atoms with Crippen LogP contribution in [0.15, 0.2) is 90.1 Å². The molecule has 6 rings (SSSR count). The number of rotatable bonds is 2. The minimum Gasteiger partial charge on any atom is -0.260 e. The van der Waals surface area contributed by atoms with Gasteiger partial charge >= 0.3 is 0 Å². The molecule has 0 N–H and O–H groups in total. The second-order valence-corrected chi connectivity index (χ2v) is 9.67. The van der Waals surface area contributed by atoms with E-state index in [4.69, 9.17) is 4.99 Å².